The summed E-state index contributed by atoms with van der Waals surface area (Å²) in [5.41, 5.74) is 0.542. The molecule has 1 aromatic rings. The molecule has 1 fully saturated rings. The molecule has 7 heteroatoms. The second kappa shape index (κ2) is 6.26. The van der Waals surface area contributed by atoms with Crippen molar-refractivity contribution in [3.63, 3.8) is 0 Å². The lowest BCUT2D eigenvalue weighted by atomic mass is 10.0. The van der Waals surface area contributed by atoms with E-state index in [2.05, 4.69) is 12.6 Å². The summed E-state index contributed by atoms with van der Waals surface area (Å²) in [6.07, 6.45) is 0.391. The Labute approximate surface area is 127 Å². The molecule has 0 radical (unpaired) electrons. The van der Waals surface area contributed by atoms with E-state index >= 15 is 0 Å². The second-order valence-corrected chi connectivity index (χ2v) is 5.55. The molecule has 1 saturated heterocycles. The Morgan fingerprint density at radius 2 is 2.10 bits per heavy atom. The number of aromatic hydroxyl groups is 2. The maximum absolute atomic E-state index is 11.9. The molecule has 1 heterocycles. The van der Waals surface area contributed by atoms with Crippen LogP contribution in [0.3, 0.4) is 0 Å². The lowest BCUT2D eigenvalue weighted by Crippen LogP contribution is -2.43. The quantitative estimate of drug-likeness (QED) is 0.478. The molecule has 114 valence electrons. The summed E-state index contributed by atoms with van der Waals surface area (Å²) in [5, 5.41) is 28.1. The van der Waals surface area contributed by atoms with E-state index in [1.807, 2.05) is 0 Å². The van der Waals surface area contributed by atoms with Crippen LogP contribution in [0.25, 0.3) is 0 Å². The molecule has 2 rings (SSSR count). The average Bonchev–Trinajstić information content (AvgIpc) is 2.80. The first-order chi connectivity index (χ1) is 9.92. The Hall–Kier alpha value is -1.89. The second-order valence-electron chi connectivity index (χ2n) is 5.18. The van der Waals surface area contributed by atoms with Gasteiger partial charge in [-0.25, -0.2) is 4.79 Å². The van der Waals surface area contributed by atoms with Crippen molar-refractivity contribution in [2.24, 2.45) is 5.92 Å². The highest BCUT2D eigenvalue weighted by molar-refractivity contribution is 7.80. The summed E-state index contributed by atoms with van der Waals surface area (Å²) in [6.45, 7) is 0.378. The van der Waals surface area contributed by atoms with Gasteiger partial charge in [-0.1, -0.05) is 6.07 Å². The van der Waals surface area contributed by atoms with Crippen molar-refractivity contribution < 1.29 is 24.9 Å². The maximum atomic E-state index is 11.9. The van der Waals surface area contributed by atoms with Gasteiger partial charge in [0.25, 0.3) is 0 Å². The van der Waals surface area contributed by atoms with Crippen LogP contribution in [0, 0.1) is 5.92 Å². The number of carbonyl (C=O) groups is 2. The van der Waals surface area contributed by atoms with Gasteiger partial charge in [0.05, 0.1) is 0 Å². The van der Waals surface area contributed by atoms with Crippen LogP contribution in [0.4, 0.5) is 0 Å². The molecule has 0 spiro atoms. The number of carboxylic acids is 1. The molecule has 1 aliphatic heterocycles. The normalized spacial score (nSPS) is 19.8. The molecule has 2 atom stereocenters. The van der Waals surface area contributed by atoms with Crippen molar-refractivity contribution in [3.8, 4) is 11.5 Å². The first-order valence-electron chi connectivity index (χ1n) is 6.56. The predicted octanol–water partition coefficient (Wildman–Crippen LogP) is 0.872. The Bertz CT molecular complexity index is 562. The third-order valence-corrected chi connectivity index (χ3v) is 4.14. The van der Waals surface area contributed by atoms with E-state index in [4.69, 9.17) is 0 Å². The van der Waals surface area contributed by atoms with Crippen molar-refractivity contribution in [3.05, 3.63) is 23.8 Å². The Morgan fingerprint density at radius 1 is 1.38 bits per heavy atom. The molecule has 1 aromatic carbocycles. The van der Waals surface area contributed by atoms with Crippen LogP contribution in [0.2, 0.25) is 0 Å². The SMILES string of the molecule is O=C(O)C(Cc1ccc(O)c(O)c1)N1CC(CS)CC1=O. The minimum atomic E-state index is -1.09. The number of nitrogens with zero attached hydrogens (tertiary/aromatic N) is 1. The number of aliphatic carboxylic acids is 1. The fourth-order valence-electron chi connectivity index (χ4n) is 2.48. The zero-order chi connectivity index (χ0) is 15.6. The van der Waals surface area contributed by atoms with E-state index in [0.717, 1.165) is 0 Å². The zero-order valence-corrected chi connectivity index (χ0v) is 12.2. The van der Waals surface area contributed by atoms with Crippen molar-refractivity contribution >= 4 is 24.5 Å². The number of hydrogen-bond donors (Lipinski definition) is 4. The van der Waals surface area contributed by atoms with Crippen molar-refractivity contribution in [1.82, 2.24) is 4.90 Å². The number of amides is 1. The number of benzene rings is 1. The third kappa shape index (κ3) is 3.41. The topological polar surface area (TPSA) is 98.1 Å². The van der Waals surface area contributed by atoms with Gasteiger partial charge in [-0.05, 0) is 29.4 Å². The van der Waals surface area contributed by atoms with Gasteiger partial charge in [-0.3, -0.25) is 4.79 Å². The number of phenolic OH excluding ortho intramolecular Hbond substituents is 2. The van der Waals surface area contributed by atoms with Gasteiger partial charge in [0.1, 0.15) is 6.04 Å². The van der Waals surface area contributed by atoms with Crippen LogP contribution in [0.1, 0.15) is 12.0 Å². The summed E-state index contributed by atoms with van der Waals surface area (Å²) < 4.78 is 0. The summed E-state index contributed by atoms with van der Waals surface area (Å²) in [7, 11) is 0. The van der Waals surface area contributed by atoms with E-state index in [0.29, 0.717) is 24.3 Å². The average molecular weight is 311 g/mol. The number of hydrogen-bond acceptors (Lipinski definition) is 5. The maximum Gasteiger partial charge on any atom is 0.326 e. The van der Waals surface area contributed by atoms with Gasteiger partial charge in [-0.15, -0.1) is 0 Å². The molecule has 0 aliphatic carbocycles. The van der Waals surface area contributed by atoms with E-state index in [1.54, 1.807) is 0 Å². The van der Waals surface area contributed by atoms with Crippen LogP contribution in [0.5, 0.6) is 11.5 Å². The number of carboxylic acid groups (broad SMARTS) is 1. The van der Waals surface area contributed by atoms with Gasteiger partial charge < -0.3 is 20.2 Å². The number of phenols is 2. The third-order valence-electron chi connectivity index (χ3n) is 3.63. The van der Waals surface area contributed by atoms with Gasteiger partial charge in [0, 0.05) is 19.4 Å². The zero-order valence-electron chi connectivity index (χ0n) is 11.3. The van der Waals surface area contributed by atoms with Crippen LogP contribution in [-0.2, 0) is 16.0 Å². The smallest absolute Gasteiger partial charge is 0.326 e. The number of rotatable bonds is 5. The lowest BCUT2D eigenvalue weighted by Gasteiger charge is -2.24. The molecule has 0 saturated carbocycles. The highest BCUT2D eigenvalue weighted by atomic mass is 32.1. The largest absolute Gasteiger partial charge is 0.504 e. The molecule has 2 unspecified atom stereocenters. The fourth-order valence-corrected chi connectivity index (χ4v) is 2.73. The fraction of sp³-hybridized carbons (Fsp3) is 0.429. The summed E-state index contributed by atoms with van der Waals surface area (Å²) in [6, 6.07) is 3.15. The van der Waals surface area contributed by atoms with E-state index in [9.17, 15) is 24.9 Å². The molecule has 0 bridgehead atoms. The standard InChI is InChI=1S/C14H17NO5S/c16-11-2-1-8(4-12(11)17)3-10(14(19)20)15-6-9(7-21)5-13(15)18/h1-2,4,9-10,16-17,21H,3,5-7H2,(H,19,20). The molecule has 21 heavy (non-hydrogen) atoms. The van der Waals surface area contributed by atoms with Gasteiger partial charge in [-0.2, -0.15) is 12.6 Å². The number of thiol groups is 1. The van der Waals surface area contributed by atoms with E-state index in [-0.39, 0.29) is 29.7 Å². The van der Waals surface area contributed by atoms with Crippen molar-refractivity contribution in [1.29, 1.82) is 0 Å². The molecule has 1 aliphatic rings. The molecule has 6 nitrogen and oxygen atoms in total. The van der Waals surface area contributed by atoms with Crippen LogP contribution >= 0.6 is 12.6 Å². The van der Waals surface area contributed by atoms with Crippen molar-refractivity contribution in [2.75, 3.05) is 12.3 Å². The highest BCUT2D eigenvalue weighted by Gasteiger charge is 2.37. The Morgan fingerprint density at radius 3 is 2.62 bits per heavy atom. The first kappa shape index (κ1) is 15.5. The Kier molecular flexibility index (Phi) is 4.62. The molecular formula is C14H17NO5S. The van der Waals surface area contributed by atoms with E-state index in [1.165, 1.54) is 23.1 Å². The first-order valence-corrected chi connectivity index (χ1v) is 7.19. The molecule has 3 N–H and O–H groups in total. The molecule has 1 amide bonds. The summed E-state index contributed by atoms with van der Waals surface area (Å²) in [5.74, 6) is -1.25. The van der Waals surface area contributed by atoms with Crippen LogP contribution in [0.15, 0.2) is 18.2 Å². The minimum Gasteiger partial charge on any atom is -0.504 e. The van der Waals surface area contributed by atoms with Gasteiger partial charge in [0.2, 0.25) is 5.91 Å². The minimum absolute atomic E-state index is 0.0657. The van der Waals surface area contributed by atoms with Crippen LogP contribution < -0.4 is 0 Å². The molecule has 0 aromatic heterocycles. The lowest BCUT2D eigenvalue weighted by molar-refractivity contribution is -0.148. The van der Waals surface area contributed by atoms with Crippen LogP contribution in [-0.4, -0.2) is 50.4 Å². The van der Waals surface area contributed by atoms with Gasteiger partial charge in [0.15, 0.2) is 11.5 Å². The van der Waals surface area contributed by atoms with Gasteiger partial charge >= 0.3 is 5.97 Å². The molecular weight excluding hydrogens is 294 g/mol. The van der Waals surface area contributed by atoms with Crippen molar-refractivity contribution in [2.45, 2.75) is 18.9 Å². The summed E-state index contributed by atoms with van der Waals surface area (Å²) in [4.78, 5) is 24.8. The predicted molar refractivity (Wildman–Crippen MR) is 78.6 cm³/mol. The highest BCUT2D eigenvalue weighted by Crippen LogP contribution is 2.27. The number of carbonyl (C=O) groups excluding carboxylic acids is 1. The summed E-state index contributed by atoms with van der Waals surface area (Å²) >= 11 is 4.15. The number of likely N-dealkylation sites (tertiary alicyclic amines) is 1. The van der Waals surface area contributed by atoms with E-state index < -0.39 is 12.0 Å². The monoisotopic (exact) mass is 311 g/mol. The Balaban J connectivity index is 2.18.